The highest BCUT2D eigenvalue weighted by Gasteiger charge is 2.26. The lowest BCUT2D eigenvalue weighted by Gasteiger charge is -2.09. The second kappa shape index (κ2) is 4.99. The van der Waals surface area contributed by atoms with Crippen LogP contribution in [0.25, 0.3) is 0 Å². The van der Waals surface area contributed by atoms with Crippen molar-refractivity contribution in [2.45, 2.75) is 17.4 Å². The molecule has 0 aromatic rings. The van der Waals surface area contributed by atoms with E-state index in [1.807, 2.05) is 6.92 Å². The lowest BCUT2D eigenvalue weighted by Crippen LogP contribution is -2.31. The van der Waals surface area contributed by atoms with Crippen LogP contribution in [0.2, 0.25) is 6.04 Å². The first-order chi connectivity index (χ1) is 4.63. The Morgan fingerprint density at radius 1 is 1.70 bits per heavy atom. The van der Waals surface area contributed by atoms with Gasteiger partial charge in [-0.15, -0.1) is 23.2 Å². The molecule has 0 aromatic carbocycles. The van der Waals surface area contributed by atoms with Crippen molar-refractivity contribution in [2.24, 2.45) is 0 Å². The summed E-state index contributed by atoms with van der Waals surface area (Å²) in [6.45, 7) is 1.89. The van der Waals surface area contributed by atoms with Crippen molar-refractivity contribution in [3.63, 3.8) is 0 Å². The average Bonchev–Trinajstić information content (AvgIpc) is 1.88. The molecule has 0 N–H and O–H groups in total. The topological polar surface area (TPSA) is 26.3 Å². The molecule has 60 valence electrons. The molecule has 0 saturated heterocycles. The zero-order chi connectivity index (χ0) is 8.15. The molecule has 0 fully saturated rings. The summed E-state index contributed by atoms with van der Waals surface area (Å²) in [7, 11) is -0.355. The van der Waals surface area contributed by atoms with E-state index < -0.39 is 13.3 Å². The number of carbonyl (C=O) groups excluding carboxylic acids is 1. The third-order valence-corrected chi connectivity index (χ3v) is 5.40. The predicted octanol–water partition coefficient (Wildman–Crippen LogP) is 1.92. The fourth-order valence-electron chi connectivity index (χ4n) is 0.599. The molecule has 0 aliphatic rings. The Balaban J connectivity index is 3.93. The third-order valence-electron chi connectivity index (χ3n) is 1.25. The summed E-state index contributed by atoms with van der Waals surface area (Å²) in [6.07, 6.45) is 0. The number of carbonyl (C=O) groups is 1. The van der Waals surface area contributed by atoms with Gasteiger partial charge in [-0.3, -0.25) is 4.79 Å². The zero-order valence-electron chi connectivity index (χ0n) is 5.93. The summed E-state index contributed by atoms with van der Waals surface area (Å²) < 4.78 is 3.99. The molecule has 5 heteroatoms. The molecule has 0 aliphatic carbocycles. The fraction of sp³-hybridized carbons (Fsp3) is 0.800. The minimum absolute atomic E-state index is 0.211. The zero-order valence-corrected chi connectivity index (χ0v) is 8.60. The summed E-state index contributed by atoms with van der Waals surface area (Å²) in [5.41, 5.74) is -0.211. The van der Waals surface area contributed by atoms with Crippen molar-refractivity contribution in [1.29, 1.82) is 0 Å². The van der Waals surface area contributed by atoms with Gasteiger partial charge in [0.05, 0.1) is 7.11 Å². The highest BCUT2D eigenvalue weighted by molar-refractivity contribution is 6.99. The number of hydrogen-bond acceptors (Lipinski definition) is 2. The molecule has 0 radical (unpaired) electrons. The van der Waals surface area contributed by atoms with E-state index >= 15 is 0 Å². The Kier molecular flexibility index (Phi) is 5.12. The van der Waals surface area contributed by atoms with E-state index in [1.165, 1.54) is 7.11 Å². The average molecular weight is 201 g/mol. The molecule has 1 atom stereocenters. The largest absolute Gasteiger partial charge is 0.474 e. The van der Waals surface area contributed by atoms with Crippen LogP contribution in [0, 0.1) is 0 Å². The molecule has 1 unspecified atom stereocenters. The van der Waals surface area contributed by atoms with Gasteiger partial charge in [0.25, 0.3) is 5.59 Å². The van der Waals surface area contributed by atoms with Gasteiger partial charge in [0.2, 0.25) is 8.80 Å². The summed E-state index contributed by atoms with van der Waals surface area (Å²) in [6, 6.07) is 0.740. The lowest BCUT2D eigenvalue weighted by atomic mass is 11.0. The van der Waals surface area contributed by atoms with Crippen molar-refractivity contribution in [1.82, 2.24) is 0 Å². The summed E-state index contributed by atoms with van der Waals surface area (Å²) in [5, 5.41) is 0. The summed E-state index contributed by atoms with van der Waals surface area (Å²) >= 11 is 11.1. The number of ether oxygens (including phenoxy) is 1. The van der Waals surface area contributed by atoms with E-state index in [2.05, 4.69) is 4.74 Å². The number of alkyl halides is 2. The Bertz CT molecular complexity index is 118. The first-order valence-corrected chi connectivity index (χ1v) is 5.92. The van der Waals surface area contributed by atoms with Gasteiger partial charge in [-0.25, -0.2) is 0 Å². The molecule has 0 bridgehead atoms. The van der Waals surface area contributed by atoms with E-state index in [9.17, 15) is 4.79 Å². The van der Waals surface area contributed by atoms with E-state index in [1.54, 1.807) is 0 Å². The van der Waals surface area contributed by atoms with Gasteiger partial charge < -0.3 is 4.74 Å². The van der Waals surface area contributed by atoms with Crippen LogP contribution >= 0.6 is 23.2 Å². The third kappa shape index (κ3) is 2.90. The Labute approximate surface area is 72.1 Å². The standard InChI is InChI=1S/C5H10Cl2O2Si/c1-3-10(4(6)7)5(8)9-2/h4,10H,3H2,1-2H3. The van der Waals surface area contributed by atoms with E-state index in [0.29, 0.717) is 0 Å². The highest BCUT2D eigenvalue weighted by atomic mass is 35.5. The molecule has 0 rings (SSSR count). The summed E-state index contributed by atoms with van der Waals surface area (Å²) in [4.78, 5) is 10.9. The molecule has 10 heavy (non-hydrogen) atoms. The molecule has 0 spiro atoms. The van der Waals surface area contributed by atoms with Gasteiger partial charge in [-0.05, 0) is 0 Å². The van der Waals surface area contributed by atoms with Gasteiger partial charge in [-0.1, -0.05) is 13.0 Å². The number of rotatable bonds is 3. The number of methoxy groups -OCH3 is 1. The van der Waals surface area contributed by atoms with Gasteiger partial charge >= 0.3 is 0 Å². The van der Waals surface area contributed by atoms with Crippen molar-refractivity contribution >= 4 is 37.6 Å². The molecular weight excluding hydrogens is 191 g/mol. The predicted molar refractivity (Wildman–Crippen MR) is 45.5 cm³/mol. The monoisotopic (exact) mass is 200 g/mol. The van der Waals surface area contributed by atoms with Crippen LogP contribution in [0.4, 0.5) is 4.79 Å². The van der Waals surface area contributed by atoms with Crippen LogP contribution in [0.1, 0.15) is 6.92 Å². The van der Waals surface area contributed by atoms with Crippen molar-refractivity contribution in [2.75, 3.05) is 7.11 Å². The molecule has 0 saturated carbocycles. The second-order valence-electron chi connectivity index (χ2n) is 1.87. The Hall–Kier alpha value is 0.267. The smallest absolute Gasteiger partial charge is 0.270 e. The molecule has 0 amide bonds. The molecular formula is C5H10Cl2O2Si. The van der Waals surface area contributed by atoms with E-state index in [-0.39, 0.29) is 5.59 Å². The minimum atomic E-state index is -1.71. The van der Waals surface area contributed by atoms with Gasteiger partial charge in [0.15, 0.2) is 0 Å². The minimum Gasteiger partial charge on any atom is -0.474 e. The molecule has 0 aromatic heterocycles. The van der Waals surface area contributed by atoms with Crippen molar-refractivity contribution in [3.05, 3.63) is 0 Å². The van der Waals surface area contributed by atoms with Gasteiger partial charge in [-0.2, -0.15) is 0 Å². The van der Waals surface area contributed by atoms with Gasteiger partial charge in [0, 0.05) is 0 Å². The molecule has 0 aliphatic heterocycles. The normalized spacial score (nSPS) is 13.3. The lowest BCUT2D eigenvalue weighted by molar-refractivity contribution is 0.196. The summed E-state index contributed by atoms with van der Waals surface area (Å²) in [5.74, 6) is 0. The van der Waals surface area contributed by atoms with Crippen LogP contribution in [-0.4, -0.2) is 26.0 Å². The maximum Gasteiger partial charge on any atom is 0.270 e. The molecule has 2 nitrogen and oxygen atoms in total. The van der Waals surface area contributed by atoms with Crippen LogP contribution in [-0.2, 0) is 4.74 Å². The van der Waals surface area contributed by atoms with Crippen LogP contribution < -0.4 is 0 Å². The van der Waals surface area contributed by atoms with Crippen LogP contribution in [0.5, 0.6) is 0 Å². The van der Waals surface area contributed by atoms with E-state index in [0.717, 1.165) is 6.04 Å². The van der Waals surface area contributed by atoms with Crippen molar-refractivity contribution in [3.8, 4) is 0 Å². The maximum atomic E-state index is 10.9. The highest BCUT2D eigenvalue weighted by Crippen LogP contribution is 2.11. The second-order valence-corrected chi connectivity index (χ2v) is 7.05. The number of halogens is 2. The van der Waals surface area contributed by atoms with Crippen molar-refractivity contribution < 1.29 is 9.53 Å². The fourth-order valence-corrected chi connectivity index (χ4v) is 3.48. The molecule has 0 heterocycles. The Morgan fingerprint density at radius 3 is 2.30 bits per heavy atom. The van der Waals surface area contributed by atoms with Gasteiger partial charge in [0.1, 0.15) is 4.46 Å². The quantitative estimate of drug-likeness (QED) is 0.515. The van der Waals surface area contributed by atoms with Crippen LogP contribution in [0.3, 0.4) is 0 Å². The first-order valence-electron chi connectivity index (χ1n) is 2.99. The number of hydrogen-bond donors (Lipinski definition) is 0. The van der Waals surface area contributed by atoms with Crippen LogP contribution in [0.15, 0.2) is 0 Å². The first kappa shape index (κ1) is 10.3. The maximum absolute atomic E-state index is 10.9. The Morgan fingerprint density at radius 2 is 2.20 bits per heavy atom. The van der Waals surface area contributed by atoms with E-state index in [4.69, 9.17) is 23.2 Å². The SMILES string of the molecule is CC[SiH](C(=O)OC)C(Cl)Cl.